The number of rotatable bonds is 2. The minimum absolute atomic E-state index is 1.01. The van der Waals surface area contributed by atoms with Crippen molar-refractivity contribution in [1.29, 1.82) is 0 Å². The molecule has 88 valence electrons. The van der Waals surface area contributed by atoms with Crippen LogP contribution in [0.5, 0.6) is 0 Å². The van der Waals surface area contributed by atoms with E-state index in [9.17, 15) is 0 Å². The molecule has 0 saturated carbocycles. The Bertz CT molecular complexity index is 689. The normalized spacial score (nSPS) is 10.5. The molecule has 1 aromatic heterocycles. The zero-order valence-electron chi connectivity index (χ0n) is 9.60. The first kappa shape index (κ1) is 11.2. The minimum atomic E-state index is 1.01. The second kappa shape index (κ2) is 4.78. The summed E-state index contributed by atoms with van der Waals surface area (Å²) in [5.74, 6) is 0. The molecule has 0 atom stereocenters. The van der Waals surface area contributed by atoms with Gasteiger partial charge in [0, 0.05) is 21.4 Å². The van der Waals surface area contributed by atoms with Gasteiger partial charge in [-0.25, -0.2) is 0 Å². The van der Waals surface area contributed by atoms with Gasteiger partial charge in [0.25, 0.3) is 0 Å². The van der Waals surface area contributed by atoms with Crippen molar-refractivity contribution in [2.75, 3.05) is 5.32 Å². The number of hydrogen-bond acceptors (Lipinski definition) is 2. The Labute approximate surface area is 114 Å². The molecule has 2 nitrogen and oxygen atoms in total. The highest BCUT2D eigenvalue weighted by Gasteiger charge is 2.03. The van der Waals surface area contributed by atoms with Crippen LogP contribution in [-0.4, -0.2) is 4.98 Å². The van der Waals surface area contributed by atoms with Crippen LogP contribution in [0.15, 0.2) is 65.4 Å². The lowest BCUT2D eigenvalue weighted by molar-refractivity contribution is 1.35. The van der Waals surface area contributed by atoms with Crippen LogP contribution in [0.2, 0.25) is 0 Å². The summed E-state index contributed by atoms with van der Waals surface area (Å²) in [5.41, 5.74) is 2.05. The van der Waals surface area contributed by atoms with Crippen molar-refractivity contribution in [3.8, 4) is 0 Å². The number of benzene rings is 2. The molecule has 0 unspecified atom stereocenters. The summed E-state index contributed by atoms with van der Waals surface area (Å²) < 4.78 is 1.04. The minimum Gasteiger partial charge on any atom is -0.353 e. The first-order valence-electron chi connectivity index (χ1n) is 5.69. The van der Waals surface area contributed by atoms with Gasteiger partial charge in [0.2, 0.25) is 0 Å². The molecule has 0 aliphatic heterocycles. The lowest BCUT2D eigenvalue weighted by atomic mass is 10.1. The fraction of sp³-hybridized carbons (Fsp3) is 0. The van der Waals surface area contributed by atoms with Crippen LogP contribution in [-0.2, 0) is 0 Å². The maximum Gasteiger partial charge on any atom is 0.0650 e. The molecule has 0 saturated heterocycles. The summed E-state index contributed by atoms with van der Waals surface area (Å²) in [6.45, 7) is 0. The molecule has 3 heteroatoms. The molecule has 0 spiro atoms. The zero-order valence-corrected chi connectivity index (χ0v) is 11.2. The van der Waals surface area contributed by atoms with Crippen molar-refractivity contribution in [1.82, 2.24) is 4.98 Å². The molecule has 1 N–H and O–H groups in total. The number of hydrogen-bond donors (Lipinski definition) is 1. The van der Waals surface area contributed by atoms with Crippen LogP contribution in [0.4, 0.5) is 11.4 Å². The maximum absolute atomic E-state index is 4.26. The quantitative estimate of drug-likeness (QED) is 0.739. The maximum atomic E-state index is 4.26. The molecule has 0 radical (unpaired) electrons. The number of pyridine rings is 1. The van der Waals surface area contributed by atoms with Gasteiger partial charge in [-0.1, -0.05) is 36.4 Å². The van der Waals surface area contributed by atoms with Crippen molar-refractivity contribution < 1.29 is 0 Å². The summed E-state index contributed by atoms with van der Waals surface area (Å²) in [7, 11) is 0. The van der Waals surface area contributed by atoms with E-state index < -0.39 is 0 Å². The standard InChI is InChI=1S/C15H11BrN2/c16-13-7-3-4-8-14(13)18-15-10-17-9-11-5-1-2-6-12(11)15/h1-10,18H. The van der Waals surface area contributed by atoms with Gasteiger partial charge in [-0.3, -0.25) is 4.98 Å². The molecule has 2 aromatic carbocycles. The summed E-state index contributed by atoms with van der Waals surface area (Å²) in [4.78, 5) is 4.26. The Balaban J connectivity index is 2.08. The van der Waals surface area contributed by atoms with Crippen molar-refractivity contribution in [2.24, 2.45) is 0 Å². The van der Waals surface area contributed by atoms with Crippen molar-refractivity contribution in [2.45, 2.75) is 0 Å². The molecule has 1 heterocycles. The van der Waals surface area contributed by atoms with E-state index in [0.717, 1.165) is 21.2 Å². The van der Waals surface area contributed by atoms with Crippen LogP contribution < -0.4 is 5.32 Å². The van der Waals surface area contributed by atoms with Crippen molar-refractivity contribution in [3.05, 3.63) is 65.4 Å². The molecular formula is C15H11BrN2. The second-order valence-electron chi connectivity index (χ2n) is 4.01. The molecule has 0 bridgehead atoms. The van der Waals surface area contributed by atoms with E-state index >= 15 is 0 Å². The summed E-state index contributed by atoms with van der Waals surface area (Å²) >= 11 is 3.53. The Morgan fingerprint density at radius 2 is 1.61 bits per heavy atom. The third-order valence-electron chi connectivity index (χ3n) is 2.81. The highest BCUT2D eigenvalue weighted by molar-refractivity contribution is 9.10. The SMILES string of the molecule is Brc1ccccc1Nc1cncc2ccccc12. The van der Waals surface area contributed by atoms with Crippen LogP contribution in [0.25, 0.3) is 10.8 Å². The van der Waals surface area contributed by atoms with E-state index in [2.05, 4.69) is 38.4 Å². The Kier molecular flexibility index (Phi) is 2.99. The van der Waals surface area contributed by atoms with E-state index in [4.69, 9.17) is 0 Å². The van der Waals surface area contributed by atoms with Gasteiger partial charge in [0.1, 0.15) is 0 Å². The van der Waals surface area contributed by atoms with E-state index in [1.807, 2.05) is 48.8 Å². The molecule has 0 aliphatic carbocycles. The molecular weight excluding hydrogens is 288 g/mol. The molecule has 3 rings (SSSR count). The van der Waals surface area contributed by atoms with Crippen LogP contribution >= 0.6 is 15.9 Å². The fourth-order valence-electron chi connectivity index (χ4n) is 1.92. The van der Waals surface area contributed by atoms with Gasteiger partial charge in [-0.2, -0.15) is 0 Å². The predicted molar refractivity (Wildman–Crippen MR) is 79.2 cm³/mol. The van der Waals surface area contributed by atoms with Gasteiger partial charge in [-0.15, -0.1) is 0 Å². The number of halogens is 1. The number of nitrogens with zero attached hydrogens (tertiary/aromatic N) is 1. The average molecular weight is 299 g/mol. The number of anilines is 2. The van der Waals surface area contributed by atoms with E-state index in [1.165, 1.54) is 5.39 Å². The monoisotopic (exact) mass is 298 g/mol. The lowest BCUT2D eigenvalue weighted by Crippen LogP contribution is -1.93. The predicted octanol–water partition coefficient (Wildman–Crippen LogP) is 4.74. The van der Waals surface area contributed by atoms with Gasteiger partial charge < -0.3 is 5.32 Å². The third-order valence-corrected chi connectivity index (χ3v) is 3.50. The highest BCUT2D eigenvalue weighted by Crippen LogP contribution is 2.29. The number of fused-ring (bicyclic) bond motifs is 1. The Morgan fingerprint density at radius 1 is 0.833 bits per heavy atom. The van der Waals surface area contributed by atoms with Crippen LogP contribution in [0.1, 0.15) is 0 Å². The highest BCUT2D eigenvalue weighted by atomic mass is 79.9. The number of para-hydroxylation sites is 1. The first-order valence-corrected chi connectivity index (χ1v) is 6.48. The zero-order chi connectivity index (χ0) is 12.4. The molecule has 0 fully saturated rings. The Hall–Kier alpha value is -1.87. The molecule has 18 heavy (non-hydrogen) atoms. The van der Waals surface area contributed by atoms with Gasteiger partial charge in [0.05, 0.1) is 17.6 Å². The summed E-state index contributed by atoms with van der Waals surface area (Å²) in [6.07, 6.45) is 3.72. The van der Waals surface area contributed by atoms with E-state index in [-0.39, 0.29) is 0 Å². The smallest absolute Gasteiger partial charge is 0.0650 e. The topological polar surface area (TPSA) is 24.9 Å². The summed E-state index contributed by atoms with van der Waals surface area (Å²) in [6, 6.07) is 16.3. The van der Waals surface area contributed by atoms with Gasteiger partial charge in [0.15, 0.2) is 0 Å². The average Bonchev–Trinajstić information content (AvgIpc) is 2.42. The molecule has 3 aromatic rings. The van der Waals surface area contributed by atoms with Gasteiger partial charge >= 0.3 is 0 Å². The van der Waals surface area contributed by atoms with E-state index in [0.29, 0.717) is 0 Å². The van der Waals surface area contributed by atoms with E-state index in [1.54, 1.807) is 0 Å². The van der Waals surface area contributed by atoms with Crippen LogP contribution in [0.3, 0.4) is 0 Å². The van der Waals surface area contributed by atoms with Crippen molar-refractivity contribution in [3.63, 3.8) is 0 Å². The number of nitrogens with one attached hydrogen (secondary N) is 1. The number of aromatic nitrogens is 1. The molecule has 0 aliphatic rings. The third kappa shape index (κ3) is 2.09. The van der Waals surface area contributed by atoms with Crippen molar-refractivity contribution >= 4 is 38.1 Å². The lowest BCUT2D eigenvalue weighted by Gasteiger charge is -2.10. The second-order valence-corrected chi connectivity index (χ2v) is 4.87. The largest absolute Gasteiger partial charge is 0.353 e. The summed E-state index contributed by atoms with van der Waals surface area (Å²) in [5, 5.41) is 5.71. The van der Waals surface area contributed by atoms with Crippen LogP contribution in [0, 0.1) is 0 Å². The first-order chi connectivity index (χ1) is 8.84. The fourth-order valence-corrected chi connectivity index (χ4v) is 2.31. The molecule has 0 amide bonds. The Morgan fingerprint density at radius 3 is 2.50 bits per heavy atom. The van der Waals surface area contributed by atoms with Gasteiger partial charge in [-0.05, 0) is 28.1 Å².